The first kappa shape index (κ1) is 22.5. The average molecular weight is 474 g/mol. The summed E-state index contributed by atoms with van der Waals surface area (Å²) in [6, 6.07) is 3.63. The molecule has 0 saturated heterocycles. The van der Waals surface area contributed by atoms with Crippen LogP contribution >= 0.6 is 11.3 Å². The van der Waals surface area contributed by atoms with Crippen molar-refractivity contribution in [2.24, 2.45) is 8.80 Å². The molecular formula is C17H23N5O5S3. The van der Waals surface area contributed by atoms with Crippen molar-refractivity contribution in [2.45, 2.75) is 38.4 Å². The summed E-state index contributed by atoms with van der Waals surface area (Å²) in [7, 11) is -3.83. The lowest BCUT2D eigenvalue weighted by Gasteiger charge is -2.17. The fourth-order valence-electron chi connectivity index (χ4n) is 2.84. The van der Waals surface area contributed by atoms with Crippen molar-refractivity contribution in [3.05, 3.63) is 28.5 Å². The molecule has 0 fully saturated rings. The molecule has 0 aliphatic carbocycles. The van der Waals surface area contributed by atoms with Crippen molar-refractivity contribution in [1.82, 2.24) is 9.62 Å². The van der Waals surface area contributed by atoms with E-state index in [2.05, 4.69) is 19.4 Å². The third-order valence-electron chi connectivity index (χ3n) is 4.34. The van der Waals surface area contributed by atoms with Gasteiger partial charge in [0.2, 0.25) is 0 Å². The molecule has 0 aromatic carbocycles. The van der Waals surface area contributed by atoms with Crippen molar-refractivity contribution in [3.63, 3.8) is 0 Å². The van der Waals surface area contributed by atoms with Gasteiger partial charge in [-0.1, -0.05) is 13.8 Å². The van der Waals surface area contributed by atoms with Gasteiger partial charge in [-0.3, -0.25) is 0 Å². The molecule has 1 unspecified atom stereocenters. The van der Waals surface area contributed by atoms with E-state index >= 15 is 0 Å². The number of sulfonamides is 1. The Bertz CT molecular complexity index is 1130. The lowest BCUT2D eigenvalue weighted by Crippen LogP contribution is -2.33. The molecule has 0 saturated carbocycles. The number of amidine groups is 2. The summed E-state index contributed by atoms with van der Waals surface area (Å²) in [6.45, 7) is 7.83. The first-order chi connectivity index (χ1) is 14.2. The van der Waals surface area contributed by atoms with E-state index in [4.69, 9.17) is 4.42 Å². The van der Waals surface area contributed by atoms with Crippen molar-refractivity contribution in [3.8, 4) is 5.75 Å². The molecule has 1 aliphatic heterocycles. The van der Waals surface area contributed by atoms with Gasteiger partial charge in [0.25, 0.3) is 21.2 Å². The Morgan fingerprint density at radius 3 is 2.47 bits per heavy atom. The smallest absolute Gasteiger partial charge is 0.269 e. The molecule has 3 N–H and O–H groups in total. The van der Waals surface area contributed by atoms with E-state index in [0.717, 1.165) is 17.1 Å². The van der Waals surface area contributed by atoms with Crippen LogP contribution in [0.25, 0.3) is 0 Å². The van der Waals surface area contributed by atoms with Crippen LogP contribution in [0.5, 0.6) is 5.75 Å². The Morgan fingerprint density at radius 2 is 1.87 bits per heavy atom. The third kappa shape index (κ3) is 4.43. The zero-order valence-corrected chi connectivity index (χ0v) is 19.4. The Morgan fingerprint density at radius 1 is 1.20 bits per heavy atom. The van der Waals surface area contributed by atoms with Gasteiger partial charge < -0.3 is 20.2 Å². The second-order valence-corrected chi connectivity index (χ2v) is 10.5. The van der Waals surface area contributed by atoms with Gasteiger partial charge in [-0.15, -0.1) is 20.1 Å². The predicted molar refractivity (Wildman–Crippen MR) is 118 cm³/mol. The van der Waals surface area contributed by atoms with Crippen LogP contribution in [0.4, 0.5) is 5.69 Å². The number of nitrogens with one attached hydrogen (secondary N) is 2. The number of hydrogen-bond acceptors (Lipinski definition) is 8. The Balaban J connectivity index is 1.83. The van der Waals surface area contributed by atoms with Crippen molar-refractivity contribution in [1.29, 1.82) is 0 Å². The minimum Gasteiger partial charge on any atom is -0.504 e. The van der Waals surface area contributed by atoms with Crippen LogP contribution in [-0.4, -0.2) is 46.8 Å². The molecule has 13 heteroatoms. The summed E-state index contributed by atoms with van der Waals surface area (Å²) >= 11 is -0.870. The van der Waals surface area contributed by atoms with E-state index in [0.29, 0.717) is 17.2 Å². The van der Waals surface area contributed by atoms with E-state index in [-0.39, 0.29) is 34.7 Å². The van der Waals surface area contributed by atoms with Crippen molar-refractivity contribution < 1.29 is 22.2 Å². The summed E-state index contributed by atoms with van der Waals surface area (Å²) in [5.74, 6) is 1.39. The van der Waals surface area contributed by atoms with E-state index in [1.807, 2.05) is 13.0 Å². The van der Waals surface area contributed by atoms with Gasteiger partial charge in [-0.2, -0.15) is 4.31 Å². The summed E-state index contributed by atoms with van der Waals surface area (Å²) in [5.41, 5.74) is 0.187. The molecule has 1 aliphatic rings. The van der Waals surface area contributed by atoms with Crippen molar-refractivity contribution in [2.75, 3.05) is 18.4 Å². The molecule has 2 aromatic rings. The second kappa shape index (κ2) is 8.88. The lowest BCUT2D eigenvalue weighted by molar-refractivity contribution is 0.434. The van der Waals surface area contributed by atoms with Gasteiger partial charge >= 0.3 is 0 Å². The van der Waals surface area contributed by atoms with Crippen LogP contribution in [0.1, 0.15) is 30.2 Å². The quantitative estimate of drug-likeness (QED) is 0.561. The van der Waals surface area contributed by atoms with E-state index in [1.165, 1.54) is 4.31 Å². The monoisotopic (exact) mass is 473 g/mol. The first-order valence-electron chi connectivity index (χ1n) is 9.15. The lowest BCUT2D eigenvalue weighted by atomic mass is 10.3. The molecular weight excluding hydrogens is 450 g/mol. The van der Waals surface area contributed by atoms with Gasteiger partial charge in [0.15, 0.2) is 21.6 Å². The summed E-state index contributed by atoms with van der Waals surface area (Å²) in [4.78, 5) is 0.541. The molecule has 0 bridgehead atoms. The molecule has 2 aromatic heterocycles. The number of nitrogens with zero attached hydrogens (tertiary/aromatic N) is 3. The maximum absolute atomic E-state index is 12.8. The highest BCUT2D eigenvalue weighted by molar-refractivity contribution is 7.91. The van der Waals surface area contributed by atoms with Gasteiger partial charge in [0, 0.05) is 18.0 Å². The van der Waals surface area contributed by atoms with Crippen LogP contribution < -0.4 is 10.6 Å². The van der Waals surface area contributed by atoms with Gasteiger partial charge in [0.1, 0.15) is 11.5 Å². The average Bonchev–Trinajstić information content (AvgIpc) is 3.34. The molecule has 0 amide bonds. The van der Waals surface area contributed by atoms with Gasteiger partial charge in [0.05, 0.1) is 12.2 Å². The molecule has 10 nitrogen and oxygen atoms in total. The SMILES string of the molecule is CCN(CC)S(=O)(=O)c1sc(C)c(NC2=NS(=O)N=C2NCc2ccc(C)o2)c1O. The Kier molecular flexibility index (Phi) is 6.65. The number of furan rings is 1. The number of hydrogen-bond donors (Lipinski definition) is 3. The predicted octanol–water partition coefficient (Wildman–Crippen LogP) is 2.29. The summed E-state index contributed by atoms with van der Waals surface area (Å²) < 4.78 is 51.9. The van der Waals surface area contributed by atoms with Crippen LogP contribution in [0.15, 0.2) is 29.6 Å². The zero-order chi connectivity index (χ0) is 22.1. The summed E-state index contributed by atoms with van der Waals surface area (Å²) in [5, 5.41) is 16.5. The molecule has 30 heavy (non-hydrogen) atoms. The first-order valence-corrected chi connectivity index (χ1v) is 12.5. The highest BCUT2D eigenvalue weighted by atomic mass is 32.2. The van der Waals surface area contributed by atoms with E-state index in [9.17, 15) is 17.7 Å². The topological polar surface area (TPSA) is 137 Å². The number of anilines is 1. The largest absolute Gasteiger partial charge is 0.504 e. The second-order valence-electron chi connectivity index (χ2n) is 6.36. The van der Waals surface area contributed by atoms with Crippen LogP contribution in [0.2, 0.25) is 0 Å². The van der Waals surface area contributed by atoms with Crippen LogP contribution in [0, 0.1) is 13.8 Å². The third-order valence-corrected chi connectivity index (χ3v) is 8.65. The number of aromatic hydroxyl groups is 1. The Labute approximate surface area is 181 Å². The standard InChI is InChI=1S/C17H23N5O5S3/c1-5-22(6-2)30(25,26)17-14(23)13(11(4)28-17)19-16-15(20-29(24)21-16)18-9-12-8-7-10(3)27-12/h7-8,23H,5-6,9H2,1-4H3,(H,18,20)(H,19,21). The highest BCUT2D eigenvalue weighted by Crippen LogP contribution is 2.43. The zero-order valence-electron chi connectivity index (χ0n) is 16.9. The molecule has 164 valence electrons. The minimum atomic E-state index is -3.83. The maximum Gasteiger partial charge on any atom is 0.269 e. The summed E-state index contributed by atoms with van der Waals surface area (Å²) in [6.07, 6.45) is 0. The van der Waals surface area contributed by atoms with E-state index in [1.54, 1.807) is 26.8 Å². The Hall–Kier alpha value is -2.22. The molecule has 0 radical (unpaired) electrons. The minimum absolute atomic E-state index is 0.139. The van der Waals surface area contributed by atoms with E-state index < -0.39 is 26.9 Å². The maximum atomic E-state index is 12.8. The van der Waals surface area contributed by atoms with Gasteiger partial charge in [-0.25, -0.2) is 12.6 Å². The molecule has 3 rings (SSSR count). The number of aryl methyl sites for hydroxylation is 2. The van der Waals surface area contributed by atoms with Gasteiger partial charge in [-0.05, 0) is 26.0 Å². The fourth-order valence-corrected chi connectivity index (χ4v) is 6.58. The highest BCUT2D eigenvalue weighted by Gasteiger charge is 2.31. The molecule has 3 heterocycles. The number of rotatable bonds is 7. The van der Waals surface area contributed by atoms with Crippen molar-refractivity contribution >= 4 is 49.9 Å². The normalized spacial score (nSPS) is 16.6. The van der Waals surface area contributed by atoms with Crippen LogP contribution in [-0.2, 0) is 27.7 Å². The molecule has 1 atom stereocenters. The molecule has 0 spiro atoms. The van der Waals surface area contributed by atoms with Crippen LogP contribution in [0.3, 0.4) is 0 Å². The number of thiophene rings is 1. The fraction of sp³-hybridized carbons (Fsp3) is 0.412.